The predicted molar refractivity (Wildman–Crippen MR) is 109 cm³/mol. The maximum absolute atomic E-state index is 12.4. The second-order valence-electron chi connectivity index (χ2n) is 7.27. The molecule has 0 atom stereocenters. The Labute approximate surface area is 179 Å². The number of hydrazine groups is 1. The Morgan fingerprint density at radius 1 is 0.968 bits per heavy atom. The van der Waals surface area contributed by atoms with E-state index in [4.69, 9.17) is 14.2 Å². The topological polar surface area (TPSA) is 106 Å². The molecule has 2 aromatic carbocycles. The molecule has 1 fully saturated rings. The van der Waals surface area contributed by atoms with Gasteiger partial charge in [0, 0.05) is 24.6 Å². The Morgan fingerprint density at radius 3 is 2.48 bits per heavy atom. The monoisotopic (exact) mass is 425 g/mol. The van der Waals surface area contributed by atoms with Crippen LogP contribution in [0.25, 0.3) is 0 Å². The number of nitrogens with one attached hydrogen (secondary N) is 2. The van der Waals surface area contributed by atoms with E-state index in [0.717, 1.165) is 0 Å². The molecule has 0 saturated carbocycles. The Bertz CT molecular complexity index is 957. The van der Waals surface area contributed by atoms with Crippen LogP contribution in [0.1, 0.15) is 23.2 Å². The van der Waals surface area contributed by atoms with Gasteiger partial charge in [0.1, 0.15) is 5.75 Å². The van der Waals surface area contributed by atoms with Crippen molar-refractivity contribution in [3.05, 3.63) is 54.1 Å². The SMILES string of the molecule is O=C(NNC(=O)C1CCN(C(=O)COc2ccccc2)CC1)c1ccc2c(c1)OCO2. The van der Waals surface area contributed by atoms with Crippen molar-refractivity contribution in [2.45, 2.75) is 12.8 Å². The first kappa shape index (κ1) is 20.5. The number of fused-ring (bicyclic) bond motifs is 1. The molecule has 0 bridgehead atoms. The highest BCUT2D eigenvalue weighted by Crippen LogP contribution is 2.32. The van der Waals surface area contributed by atoms with Crippen molar-refractivity contribution in [2.75, 3.05) is 26.5 Å². The van der Waals surface area contributed by atoms with Crippen molar-refractivity contribution in [3.63, 3.8) is 0 Å². The number of ether oxygens (including phenoxy) is 3. The van der Waals surface area contributed by atoms with E-state index in [2.05, 4.69) is 10.9 Å². The lowest BCUT2D eigenvalue weighted by molar-refractivity contribution is -0.137. The standard InChI is InChI=1S/C22H23N3O6/c26-20(13-29-17-4-2-1-3-5-17)25-10-8-15(9-11-25)21(27)23-24-22(28)16-6-7-18-19(12-16)31-14-30-18/h1-7,12,15H,8-11,13-14H2,(H,23,27)(H,24,28). The molecule has 2 aromatic rings. The second-order valence-corrected chi connectivity index (χ2v) is 7.27. The molecule has 2 N–H and O–H groups in total. The van der Waals surface area contributed by atoms with E-state index < -0.39 is 5.91 Å². The summed E-state index contributed by atoms with van der Waals surface area (Å²) in [5, 5.41) is 0. The first-order valence-corrected chi connectivity index (χ1v) is 10.1. The number of benzene rings is 2. The van der Waals surface area contributed by atoms with Gasteiger partial charge in [0.15, 0.2) is 18.1 Å². The fourth-order valence-corrected chi connectivity index (χ4v) is 3.47. The zero-order valence-electron chi connectivity index (χ0n) is 16.8. The number of carbonyl (C=O) groups is 3. The number of carbonyl (C=O) groups excluding carboxylic acids is 3. The lowest BCUT2D eigenvalue weighted by Crippen LogP contribution is -2.48. The Balaban J connectivity index is 1.19. The van der Waals surface area contributed by atoms with Crippen molar-refractivity contribution in [1.29, 1.82) is 0 Å². The summed E-state index contributed by atoms with van der Waals surface area (Å²) in [6.45, 7) is 1.01. The van der Waals surface area contributed by atoms with Gasteiger partial charge in [-0.1, -0.05) is 18.2 Å². The number of nitrogens with zero attached hydrogens (tertiary/aromatic N) is 1. The molecule has 9 nitrogen and oxygen atoms in total. The van der Waals surface area contributed by atoms with Gasteiger partial charge in [0.05, 0.1) is 0 Å². The van der Waals surface area contributed by atoms with Gasteiger partial charge in [0.2, 0.25) is 12.7 Å². The average molecular weight is 425 g/mol. The molecule has 31 heavy (non-hydrogen) atoms. The minimum absolute atomic E-state index is 0.0353. The smallest absolute Gasteiger partial charge is 0.269 e. The van der Waals surface area contributed by atoms with Crippen LogP contribution < -0.4 is 25.1 Å². The minimum Gasteiger partial charge on any atom is -0.484 e. The average Bonchev–Trinajstić information content (AvgIpc) is 3.29. The molecule has 162 valence electrons. The van der Waals surface area contributed by atoms with Gasteiger partial charge in [-0.3, -0.25) is 25.2 Å². The molecule has 0 spiro atoms. The zero-order chi connectivity index (χ0) is 21.6. The second kappa shape index (κ2) is 9.38. The largest absolute Gasteiger partial charge is 0.484 e. The lowest BCUT2D eigenvalue weighted by Gasteiger charge is -2.31. The molecule has 2 aliphatic rings. The molecule has 3 amide bonds. The van der Waals surface area contributed by atoms with E-state index in [9.17, 15) is 14.4 Å². The third-order valence-electron chi connectivity index (χ3n) is 5.26. The van der Waals surface area contributed by atoms with Crippen LogP contribution in [0.5, 0.6) is 17.2 Å². The summed E-state index contributed by atoms with van der Waals surface area (Å²) < 4.78 is 16.0. The highest BCUT2D eigenvalue weighted by molar-refractivity contribution is 5.96. The molecule has 9 heteroatoms. The van der Waals surface area contributed by atoms with Crippen molar-refractivity contribution in [1.82, 2.24) is 15.8 Å². The first-order valence-electron chi connectivity index (χ1n) is 10.1. The van der Waals surface area contributed by atoms with Crippen molar-refractivity contribution in [2.24, 2.45) is 5.92 Å². The van der Waals surface area contributed by atoms with Crippen LogP contribution in [0.3, 0.4) is 0 Å². The van der Waals surface area contributed by atoms with Gasteiger partial charge < -0.3 is 19.1 Å². The molecular formula is C22H23N3O6. The van der Waals surface area contributed by atoms with Gasteiger partial charge in [-0.05, 0) is 43.2 Å². The normalized spacial score (nSPS) is 15.3. The Kier molecular flexibility index (Phi) is 6.21. The van der Waals surface area contributed by atoms with Crippen molar-refractivity contribution in [3.8, 4) is 17.2 Å². The molecule has 0 aromatic heterocycles. The van der Waals surface area contributed by atoms with Crippen LogP contribution in [-0.4, -0.2) is 49.1 Å². The quantitative estimate of drug-likeness (QED) is 0.704. The summed E-state index contributed by atoms with van der Waals surface area (Å²) in [7, 11) is 0. The zero-order valence-corrected chi connectivity index (χ0v) is 16.8. The molecule has 2 heterocycles. The van der Waals surface area contributed by atoms with Crippen LogP contribution in [0.2, 0.25) is 0 Å². The number of amides is 3. The molecule has 1 saturated heterocycles. The van der Waals surface area contributed by atoms with E-state index in [-0.39, 0.29) is 31.1 Å². The van der Waals surface area contributed by atoms with Crippen LogP contribution in [-0.2, 0) is 9.59 Å². The number of hydrogen-bond donors (Lipinski definition) is 2. The van der Waals surface area contributed by atoms with Crippen LogP contribution >= 0.6 is 0 Å². The predicted octanol–water partition coefficient (Wildman–Crippen LogP) is 1.49. The van der Waals surface area contributed by atoms with E-state index in [1.165, 1.54) is 0 Å². The molecule has 4 rings (SSSR count). The molecule has 2 aliphatic heterocycles. The van der Waals surface area contributed by atoms with E-state index in [0.29, 0.717) is 48.7 Å². The van der Waals surface area contributed by atoms with Gasteiger partial charge in [-0.25, -0.2) is 0 Å². The molecule has 0 aliphatic carbocycles. The lowest BCUT2D eigenvalue weighted by atomic mass is 9.96. The summed E-state index contributed by atoms with van der Waals surface area (Å²) in [6.07, 6.45) is 1.03. The van der Waals surface area contributed by atoms with Crippen molar-refractivity contribution >= 4 is 17.7 Å². The van der Waals surface area contributed by atoms with Crippen molar-refractivity contribution < 1.29 is 28.6 Å². The molecule has 0 unspecified atom stereocenters. The van der Waals surface area contributed by atoms with Crippen LogP contribution in [0, 0.1) is 5.92 Å². The highest BCUT2D eigenvalue weighted by Gasteiger charge is 2.28. The van der Waals surface area contributed by atoms with E-state index >= 15 is 0 Å². The van der Waals surface area contributed by atoms with Gasteiger partial charge in [-0.2, -0.15) is 0 Å². The number of piperidine rings is 1. The fourth-order valence-electron chi connectivity index (χ4n) is 3.47. The number of likely N-dealkylation sites (tertiary alicyclic amines) is 1. The molecular weight excluding hydrogens is 402 g/mol. The summed E-state index contributed by atoms with van der Waals surface area (Å²) in [5.41, 5.74) is 5.25. The fraction of sp³-hybridized carbons (Fsp3) is 0.318. The third-order valence-corrected chi connectivity index (χ3v) is 5.26. The maximum Gasteiger partial charge on any atom is 0.269 e. The van der Waals surface area contributed by atoms with Crippen LogP contribution in [0.15, 0.2) is 48.5 Å². The number of hydrogen-bond acceptors (Lipinski definition) is 6. The minimum atomic E-state index is -0.447. The summed E-state index contributed by atoms with van der Waals surface area (Å²) in [4.78, 5) is 38.7. The summed E-state index contributed by atoms with van der Waals surface area (Å²) in [6, 6.07) is 13.9. The maximum atomic E-state index is 12.4. The third kappa shape index (κ3) is 5.06. The van der Waals surface area contributed by atoms with E-state index in [1.807, 2.05) is 18.2 Å². The first-order chi connectivity index (χ1) is 15.1. The molecule has 0 radical (unpaired) electrons. The van der Waals surface area contributed by atoms with E-state index in [1.54, 1.807) is 35.2 Å². The number of rotatable bonds is 5. The highest BCUT2D eigenvalue weighted by atomic mass is 16.7. The van der Waals surface area contributed by atoms with Gasteiger partial charge in [0.25, 0.3) is 11.8 Å². The van der Waals surface area contributed by atoms with Gasteiger partial charge >= 0.3 is 0 Å². The summed E-state index contributed by atoms with van der Waals surface area (Å²) in [5.74, 6) is 0.598. The number of para-hydroxylation sites is 1. The Hall–Kier alpha value is -3.75. The van der Waals surface area contributed by atoms with Gasteiger partial charge in [-0.15, -0.1) is 0 Å². The summed E-state index contributed by atoms with van der Waals surface area (Å²) >= 11 is 0. The van der Waals surface area contributed by atoms with Crippen LogP contribution in [0.4, 0.5) is 0 Å². The Morgan fingerprint density at radius 2 is 1.71 bits per heavy atom.